The van der Waals surface area contributed by atoms with Crippen molar-refractivity contribution in [2.75, 3.05) is 0 Å². The Kier molecular flexibility index (Phi) is 4.11. The predicted molar refractivity (Wildman–Crippen MR) is 104 cm³/mol. The number of carbonyl (C=O) groups is 2. The van der Waals surface area contributed by atoms with Crippen LogP contribution in [0.5, 0.6) is 10.8 Å². The largest absolute Gasteiger partial charge is 0.446 e. The van der Waals surface area contributed by atoms with Crippen LogP contribution in [-0.4, -0.2) is 21.5 Å². The molecule has 6 nitrogen and oxygen atoms in total. The predicted octanol–water partition coefficient (Wildman–Crippen LogP) is 3.65. The maximum absolute atomic E-state index is 12.0. The number of hydrogen-bond donors (Lipinski definition) is 1. The lowest BCUT2D eigenvalue weighted by Gasteiger charge is -2.16. The molecule has 138 valence electrons. The number of primary amides is 1. The summed E-state index contributed by atoms with van der Waals surface area (Å²) in [5.74, 6) is 0.190. The average Bonchev–Trinajstić information content (AvgIpc) is 3.16. The molecule has 0 atom stereocenters. The molecule has 0 saturated heterocycles. The van der Waals surface area contributed by atoms with E-state index in [1.807, 2.05) is 30.9 Å². The van der Waals surface area contributed by atoms with Crippen LogP contribution in [0.15, 0.2) is 24.4 Å². The molecule has 27 heavy (non-hydrogen) atoms. The molecule has 0 bridgehead atoms. The maximum Gasteiger partial charge on any atom is 0.259 e. The molecule has 2 heterocycles. The number of nitrogens with two attached hydrogens (primary N) is 1. The summed E-state index contributed by atoms with van der Waals surface area (Å²) in [6, 6.07) is 5.37. The van der Waals surface area contributed by atoms with Gasteiger partial charge in [0.05, 0.1) is 22.3 Å². The number of carbonyl (C=O) groups excluding carboxylic acids is 2. The van der Waals surface area contributed by atoms with Crippen LogP contribution in [-0.2, 0) is 19.9 Å². The molecule has 1 aromatic carbocycles. The molecule has 0 aliphatic heterocycles. The number of ether oxygens (including phenoxy) is 1. The third kappa shape index (κ3) is 2.84. The van der Waals surface area contributed by atoms with Crippen molar-refractivity contribution < 1.29 is 14.3 Å². The Balaban J connectivity index is 1.83. The topological polar surface area (TPSA) is 87.2 Å². The van der Waals surface area contributed by atoms with Gasteiger partial charge in [0.2, 0.25) is 0 Å². The zero-order valence-electron chi connectivity index (χ0n) is 15.3. The number of hydrogen-bond acceptors (Lipinski definition) is 5. The molecule has 7 heteroatoms. The second kappa shape index (κ2) is 6.35. The molecule has 1 aliphatic carbocycles. The molecule has 0 unspecified atom stereocenters. The monoisotopic (exact) mass is 381 g/mol. The number of thiophene rings is 1. The van der Waals surface area contributed by atoms with Crippen LogP contribution in [0.4, 0.5) is 0 Å². The smallest absolute Gasteiger partial charge is 0.259 e. The van der Waals surface area contributed by atoms with Gasteiger partial charge in [0.15, 0.2) is 10.8 Å². The van der Waals surface area contributed by atoms with Crippen molar-refractivity contribution in [1.82, 2.24) is 9.78 Å². The summed E-state index contributed by atoms with van der Waals surface area (Å²) in [6.07, 6.45) is 3.41. The van der Waals surface area contributed by atoms with Gasteiger partial charge in [-0.15, -0.1) is 0 Å². The van der Waals surface area contributed by atoms with Crippen molar-refractivity contribution in [2.45, 2.75) is 26.7 Å². The Morgan fingerprint density at radius 3 is 2.74 bits per heavy atom. The SMILES string of the molecule is CC(=O)c1ccc(Oc2sc(C(N)=O)c3c2-c2c(cnn2C)CC3)cc1C. The minimum absolute atomic E-state index is 0.0168. The highest BCUT2D eigenvalue weighted by molar-refractivity contribution is 7.16. The highest BCUT2D eigenvalue weighted by Gasteiger charge is 2.31. The Labute approximate surface area is 160 Å². The summed E-state index contributed by atoms with van der Waals surface area (Å²) < 4.78 is 7.97. The van der Waals surface area contributed by atoms with E-state index in [1.165, 1.54) is 11.3 Å². The number of benzene rings is 1. The first-order valence-corrected chi connectivity index (χ1v) is 9.44. The van der Waals surface area contributed by atoms with Crippen LogP contribution in [0, 0.1) is 6.92 Å². The van der Waals surface area contributed by atoms with Crippen molar-refractivity contribution in [3.63, 3.8) is 0 Å². The van der Waals surface area contributed by atoms with Crippen molar-refractivity contribution in [2.24, 2.45) is 12.8 Å². The fraction of sp³-hybridized carbons (Fsp3) is 0.250. The molecule has 0 saturated carbocycles. The maximum atomic E-state index is 12.0. The minimum Gasteiger partial charge on any atom is -0.446 e. The number of rotatable bonds is 4. The summed E-state index contributed by atoms with van der Waals surface area (Å²) >= 11 is 1.27. The second-order valence-corrected chi connectivity index (χ2v) is 7.70. The Morgan fingerprint density at radius 2 is 2.07 bits per heavy atom. The van der Waals surface area contributed by atoms with Gasteiger partial charge in [-0.1, -0.05) is 11.3 Å². The number of aryl methyl sites for hydroxylation is 3. The Hall–Kier alpha value is -2.93. The molecule has 3 aromatic rings. The van der Waals surface area contributed by atoms with Crippen molar-refractivity contribution in [3.8, 4) is 22.1 Å². The van der Waals surface area contributed by atoms with E-state index >= 15 is 0 Å². The van der Waals surface area contributed by atoms with E-state index in [2.05, 4.69) is 5.10 Å². The highest BCUT2D eigenvalue weighted by atomic mass is 32.1. The highest BCUT2D eigenvalue weighted by Crippen LogP contribution is 2.48. The summed E-state index contributed by atoms with van der Waals surface area (Å²) in [7, 11) is 1.88. The van der Waals surface area contributed by atoms with Gasteiger partial charge in [-0.05, 0) is 61.6 Å². The molecular formula is C20H19N3O3S. The van der Waals surface area contributed by atoms with Crippen LogP contribution in [0.3, 0.4) is 0 Å². The molecule has 2 aromatic heterocycles. The molecule has 2 N–H and O–H groups in total. The van der Waals surface area contributed by atoms with Crippen LogP contribution in [0.2, 0.25) is 0 Å². The lowest BCUT2D eigenvalue weighted by atomic mass is 9.91. The number of ketones is 1. The summed E-state index contributed by atoms with van der Waals surface area (Å²) in [5.41, 5.74) is 11.0. The third-order valence-electron chi connectivity index (χ3n) is 4.88. The van der Waals surface area contributed by atoms with Crippen LogP contribution >= 0.6 is 11.3 Å². The molecule has 0 fully saturated rings. The van der Waals surface area contributed by atoms with Gasteiger partial charge in [-0.3, -0.25) is 14.3 Å². The van der Waals surface area contributed by atoms with Gasteiger partial charge in [0.25, 0.3) is 5.91 Å². The van der Waals surface area contributed by atoms with E-state index in [0.717, 1.165) is 40.8 Å². The molecule has 4 rings (SSSR count). The van der Waals surface area contributed by atoms with Crippen molar-refractivity contribution in [1.29, 1.82) is 0 Å². The van der Waals surface area contributed by atoms with E-state index in [-0.39, 0.29) is 5.78 Å². The van der Waals surface area contributed by atoms with Crippen LogP contribution in [0.1, 0.15) is 43.6 Å². The van der Waals surface area contributed by atoms with Gasteiger partial charge in [-0.25, -0.2) is 0 Å². The molecule has 1 amide bonds. The second-order valence-electron chi connectivity index (χ2n) is 6.71. The lowest BCUT2D eigenvalue weighted by molar-refractivity contribution is 0.0998. The van der Waals surface area contributed by atoms with E-state index in [4.69, 9.17) is 10.5 Å². The summed E-state index contributed by atoms with van der Waals surface area (Å²) in [5, 5.41) is 4.98. The first-order valence-electron chi connectivity index (χ1n) is 8.63. The first-order chi connectivity index (χ1) is 12.9. The minimum atomic E-state index is -0.445. The molecule has 1 aliphatic rings. The fourth-order valence-electron chi connectivity index (χ4n) is 3.64. The fourth-order valence-corrected chi connectivity index (χ4v) is 4.71. The first kappa shape index (κ1) is 17.5. The van der Waals surface area contributed by atoms with Crippen LogP contribution in [0.25, 0.3) is 11.3 Å². The van der Waals surface area contributed by atoms with E-state index in [9.17, 15) is 9.59 Å². The molecular weight excluding hydrogens is 362 g/mol. The summed E-state index contributed by atoms with van der Waals surface area (Å²) in [6.45, 7) is 3.42. The van der Waals surface area contributed by atoms with Gasteiger partial charge >= 0.3 is 0 Å². The third-order valence-corrected chi connectivity index (χ3v) is 6.01. The Morgan fingerprint density at radius 1 is 1.30 bits per heavy atom. The summed E-state index contributed by atoms with van der Waals surface area (Å²) in [4.78, 5) is 24.1. The zero-order valence-corrected chi connectivity index (χ0v) is 16.1. The van der Waals surface area contributed by atoms with Gasteiger partial charge in [0, 0.05) is 12.6 Å². The van der Waals surface area contributed by atoms with Gasteiger partial charge < -0.3 is 10.5 Å². The lowest BCUT2D eigenvalue weighted by Crippen LogP contribution is -2.13. The normalized spacial score (nSPS) is 12.4. The number of Topliss-reactive ketones (excluding diaryl/α,β-unsaturated/α-hetero) is 1. The van der Waals surface area contributed by atoms with Gasteiger partial charge in [-0.2, -0.15) is 5.10 Å². The van der Waals surface area contributed by atoms with E-state index in [1.54, 1.807) is 19.1 Å². The van der Waals surface area contributed by atoms with E-state index < -0.39 is 5.91 Å². The van der Waals surface area contributed by atoms with Gasteiger partial charge in [0.1, 0.15) is 5.75 Å². The van der Waals surface area contributed by atoms with Crippen molar-refractivity contribution in [3.05, 3.63) is 51.5 Å². The quantitative estimate of drug-likeness (QED) is 0.699. The number of nitrogens with zero attached hydrogens (tertiary/aromatic N) is 2. The number of fused-ring (bicyclic) bond motifs is 3. The molecule has 0 spiro atoms. The van der Waals surface area contributed by atoms with Crippen molar-refractivity contribution >= 4 is 23.0 Å². The van der Waals surface area contributed by atoms with E-state index in [0.29, 0.717) is 21.3 Å². The number of aromatic nitrogens is 2. The average molecular weight is 381 g/mol. The number of amides is 1. The standard InChI is InChI=1S/C20H19N3O3S/c1-10-8-13(5-7-14(10)11(2)24)26-20-16-15(18(27-20)19(21)25)6-4-12-9-22-23(3)17(12)16/h5,7-9H,4,6H2,1-3H3,(H2,21,25). The van der Waals surface area contributed by atoms with Crippen LogP contribution < -0.4 is 10.5 Å². The Bertz CT molecular complexity index is 1090. The zero-order chi connectivity index (χ0) is 19.3. The molecule has 0 radical (unpaired) electrons.